The molecule has 2 fully saturated rings. The van der Waals surface area contributed by atoms with E-state index in [0.29, 0.717) is 24.8 Å². The van der Waals surface area contributed by atoms with Gasteiger partial charge in [-0.05, 0) is 59.9 Å². The number of rotatable bonds is 5. The smallest absolute Gasteiger partial charge is 0.0997 e. The summed E-state index contributed by atoms with van der Waals surface area (Å²) in [5, 5.41) is 29.3. The van der Waals surface area contributed by atoms with Crippen LogP contribution in [0.1, 0.15) is 71.1 Å². The van der Waals surface area contributed by atoms with E-state index < -0.39 is 6.10 Å². The van der Waals surface area contributed by atoms with Crippen molar-refractivity contribution in [2.24, 2.45) is 0 Å². The second-order valence-electron chi connectivity index (χ2n) is 8.23. The Kier molecular flexibility index (Phi) is 5.50. The molecule has 1 heterocycles. The molecule has 0 aromatic heterocycles. The largest absolute Gasteiger partial charge is 0.394 e. The SMILES string of the molecule is Cc1cc([C@H]2C[C@@H](O)C[C@@H](CO)O2)cc(Cc2ccc(C3CC3)cc2)c1C#N. The number of hydrogen-bond acceptors (Lipinski definition) is 4. The van der Waals surface area contributed by atoms with Gasteiger partial charge in [-0.15, -0.1) is 0 Å². The Morgan fingerprint density at radius 2 is 1.86 bits per heavy atom. The van der Waals surface area contributed by atoms with Gasteiger partial charge in [-0.3, -0.25) is 0 Å². The average molecular weight is 377 g/mol. The van der Waals surface area contributed by atoms with E-state index in [9.17, 15) is 15.5 Å². The number of nitriles is 1. The molecule has 2 N–H and O–H groups in total. The third-order valence-corrected chi connectivity index (χ3v) is 5.93. The number of aliphatic hydroxyl groups excluding tert-OH is 2. The van der Waals surface area contributed by atoms with E-state index in [2.05, 4.69) is 30.3 Å². The second-order valence-corrected chi connectivity index (χ2v) is 8.23. The van der Waals surface area contributed by atoms with Crippen LogP contribution in [0.3, 0.4) is 0 Å². The molecule has 1 saturated heterocycles. The number of ether oxygens (including phenoxy) is 1. The van der Waals surface area contributed by atoms with Crippen LogP contribution in [0.5, 0.6) is 0 Å². The first-order valence-corrected chi connectivity index (χ1v) is 10.1. The van der Waals surface area contributed by atoms with Crippen molar-refractivity contribution in [1.82, 2.24) is 0 Å². The van der Waals surface area contributed by atoms with Crippen molar-refractivity contribution in [3.05, 3.63) is 69.8 Å². The molecule has 0 unspecified atom stereocenters. The van der Waals surface area contributed by atoms with Crippen LogP contribution < -0.4 is 0 Å². The maximum Gasteiger partial charge on any atom is 0.0997 e. The summed E-state index contributed by atoms with van der Waals surface area (Å²) >= 11 is 0. The number of hydrogen-bond donors (Lipinski definition) is 2. The number of aryl methyl sites for hydroxylation is 1. The van der Waals surface area contributed by atoms with E-state index in [0.717, 1.165) is 22.6 Å². The topological polar surface area (TPSA) is 73.5 Å². The highest BCUT2D eigenvalue weighted by Crippen LogP contribution is 2.40. The summed E-state index contributed by atoms with van der Waals surface area (Å²) in [5.74, 6) is 0.739. The summed E-state index contributed by atoms with van der Waals surface area (Å²) in [4.78, 5) is 0. The van der Waals surface area contributed by atoms with Crippen LogP contribution in [-0.4, -0.2) is 29.0 Å². The van der Waals surface area contributed by atoms with Crippen molar-refractivity contribution in [3.8, 4) is 6.07 Å². The first kappa shape index (κ1) is 19.1. The van der Waals surface area contributed by atoms with Crippen molar-refractivity contribution in [2.45, 2.75) is 63.3 Å². The van der Waals surface area contributed by atoms with E-state index in [1.807, 2.05) is 19.1 Å². The third kappa shape index (κ3) is 4.12. The molecule has 4 heteroatoms. The van der Waals surface area contributed by atoms with E-state index in [-0.39, 0.29) is 18.8 Å². The van der Waals surface area contributed by atoms with Crippen molar-refractivity contribution >= 4 is 0 Å². The fraction of sp³-hybridized carbons (Fsp3) is 0.458. The quantitative estimate of drug-likeness (QED) is 0.829. The molecule has 4 nitrogen and oxygen atoms in total. The predicted octanol–water partition coefficient (Wildman–Crippen LogP) is 3.91. The van der Waals surface area contributed by atoms with Crippen LogP contribution in [0.2, 0.25) is 0 Å². The fourth-order valence-electron chi connectivity index (χ4n) is 4.24. The zero-order chi connectivity index (χ0) is 19.7. The molecule has 3 atom stereocenters. The fourth-order valence-corrected chi connectivity index (χ4v) is 4.24. The highest BCUT2D eigenvalue weighted by molar-refractivity contribution is 5.49. The highest BCUT2D eigenvalue weighted by atomic mass is 16.5. The summed E-state index contributed by atoms with van der Waals surface area (Å²) in [7, 11) is 0. The van der Waals surface area contributed by atoms with Gasteiger partial charge in [0.05, 0.1) is 36.6 Å². The lowest BCUT2D eigenvalue weighted by Crippen LogP contribution is -2.33. The molecular formula is C24H27NO3. The molecule has 1 aliphatic carbocycles. The maximum absolute atomic E-state index is 10.1. The van der Waals surface area contributed by atoms with E-state index in [4.69, 9.17) is 4.74 Å². The molecule has 0 radical (unpaired) electrons. The Morgan fingerprint density at radius 1 is 1.11 bits per heavy atom. The van der Waals surface area contributed by atoms with Crippen molar-refractivity contribution < 1.29 is 14.9 Å². The Bertz CT molecular complexity index is 880. The lowest BCUT2D eigenvalue weighted by molar-refractivity contribution is -0.113. The van der Waals surface area contributed by atoms with Gasteiger partial charge < -0.3 is 14.9 Å². The first-order chi connectivity index (χ1) is 13.6. The third-order valence-electron chi connectivity index (χ3n) is 5.93. The number of benzene rings is 2. The van der Waals surface area contributed by atoms with Gasteiger partial charge in [-0.25, -0.2) is 0 Å². The summed E-state index contributed by atoms with van der Waals surface area (Å²) in [6.07, 6.45) is 3.17. The summed E-state index contributed by atoms with van der Waals surface area (Å²) in [5.41, 5.74) is 6.20. The molecule has 1 saturated carbocycles. The van der Waals surface area contributed by atoms with E-state index in [1.165, 1.54) is 24.0 Å². The van der Waals surface area contributed by atoms with Gasteiger partial charge in [-0.1, -0.05) is 36.4 Å². The standard InChI is InChI=1S/C24H27NO3/c1-15-8-20(24-12-21(27)11-22(14-26)28-24)10-19(23(15)13-25)9-16-2-4-17(5-3-16)18-6-7-18/h2-5,8,10,18,21-22,24,26-27H,6-7,9,11-12,14H2,1H3/t21-,22-,24+/m0/s1. The van der Waals surface area contributed by atoms with Gasteiger partial charge >= 0.3 is 0 Å². The maximum atomic E-state index is 10.1. The monoisotopic (exact) mass is 377 g/mol. The Balaban J connectivity index is 1.61. The molecule has 4 rings (SSSR count). The average Bonchev–Trinajstić information content (AvgIpc) is 3.53. The zero-order valence-corrected chi connectivity index (χ0v) is 16.3. The van der Waals surface area contributed by atoms with Gasteiger partial charge in [0.15, 0.2) is 0 Å². The minimum atomic E-state index is -0.481. The number of nitrogens with zero attached hydrogens (tertiary/aromatic N) is 1. The molecule has 0 bridgehead atoms. The highest BCUT2D eigenvalue weighted by Gasteiger charge is 2.29. The first-order valence-electron chi connectivity index (χ1n) is 10.1. The van der Waals surface area contributed by atoms with Crippen LogP contribution in [0.4, 0.5) is 0 Å². The van der Waals surface area contributed by atoms with Crippen molar-refractivity contribution in [1.29, 1.82) is 5.26 Å². The van der Waals surface area contributed by atoms with Crippen LogP contribution in [0.25, 0.3) is 0 Å². The summed E-state index contributed by atoms with van der Waals surface area (Å²) in [6, 6.07) is 15.1. The molecule has 2 aromatic carbocycles. The van der Waals surface area contributed by atoms with Crippen molar-refractivity contribution in [3.63, 3.8) is 0 Å². The Morgan fingerprint density at radius 3 is 2.50 bits per heavy atom. The van der Waals surface area contributed by atoms with Gasteiger partial charge in [-0.2, -0.15) is 5.26 Å². The summed E-state index contributed by atoms with van der Waals surface area (Å²) < 4.78 is 5.98. The van der Waals surface area contributed by atoms with Crippen LogP contribution in [0.15, 0.2) is 36.4 Å². The lowest BCUT2D eigenvalue weighted by Gasteiger charge is -2.33. The van der Waals surface area contributed by atoms with Crippen molar-refractivity contribution in [2.75, 3.05) is 6.61 Å². The molecule has 0 amide bonds. The van der Waals surface area contributed by atoms with Gasteiger partial charge in [0.2, 0.25) is 0 Å². The predicted molar refractivity (Wildman–Crippen MR) is 107 cm³/mol. The normalized spacial score (nSPS) is 24.7. The Labute approximate surface area is 166 Å². The molecule has 2 aliphatic rings. The van der Waals surface area contributed by atoms with E-state index in [1.54, 1.807) is 0 Å². The molecule has 1 aliphatic heterocycles. The van der Waals surface area contributed by atoms with Crippen LogP contribution in [0, 0.1) is 18.3 Å². The molecule has 2 aromatic rings. The molecule has 28 heavy (non-hydrogen) atoms. The zero-order valence-electron chi connectivity index (χ0n) is 16.3. The van der Waals surface area contributed by atoms with Crippen LogP contribution >= 0.6 is 0 Å². The molecular weight excluding hydrogens is 350 g/mol. The minimum Gasteiger partial charge on any atom is -0.394 e. The number of aliphatic hydroxyl groups is 2. The Hall–Kier alpha value is -2.19. The van der Waals surface area contributed by atoms with E-state index >= 15 is 0 Å². The lowest BCUT2D eigenvalue weighted by atomic mass is 9.89. The van der Waals surface area contributed by atoms with Gasteiger partial charge in [0.1, 0.15) is 0 Å². The summed E-state index contributed by atoms with van der Waals surface area (Å²) in [6.45, 7) is 1.85. The molecule has 0 spiro atoms. The van der Waals surface area contributed by atoms with Gasteiger partial charge in [0.25, 0.3) is 0 Å². The van der Waals surface area contributed by atoms with Gasteiger partial charge in [0, 0.05) is 12.8 Å². The second kappa shape index (κ2) is 8.05. The minimum absolute atomic E-state index is 0.0942. The molecule has 146 valence electrons. The van der Waals surface area contributed by atoms with Crippen LogP contribution in [-0.2, 0) is 11.2 Å².